The number of hydrogen-bond donors (Lipinski definition) is 3. The first-order valence-electron chi connectivity index (χ1n) is 8.61. The van der Waals surface area contributed by atoms with Gasteiger partial charge in [0.25, 0.3) is 0 Å². The highest BCUT2D eigenvalue weighted by molar-refractivity contribution is 5.57. The van der Waals surface area contributed by atoms with Gasteiger partial charge in [-0.15, -0.1) is 0 Å². The van der Waals surface area contributed by atoms with Crippen LogP contribution in [0, 0.1) is 0 Å². The van der Waals surface area contributed by atoms with Crippen LogP contribution in [0.15, 0.2) is 6.07 Å². The first-order valence-corrected chi connectivity index (χ1v) is 8.61. The molecule has 1 heterocycles. The first-order chi connectivity index (χ1) is 10.6. The molecule has 0 amide bonds. The summed E-state index contributed by atoms with van der Waals surface area (Å²) >= 11 is 0. The van der Waals surface area contributed by atoms with Gasteiger partial charge in [0.15, 0.2) is 11.5 Å². The summed E-state index contributed by atoms with van der Waals surface area (Å²) in [4.78, 5) is 2.32. The predicted octanol–water partition coefficient (Wildman–Crippen LogP) is 3.91. The van der Waals surface area contributed by atoms with E-state index >= 15 is 0 Å². The van der Waals surface area contributed by atoms with Crippen LogP contribution in [0.4, 0.5) is 0 Å². The number of phenolic OH excluding ortho intramolecular Hbond substituents is 3. The lowest BCUT2D eigenvalue weighted by Gasteiger charge is -2.29. The molecule has 0 fully saturated rings. The number of phenols is 3. The van der Waals surface area contributed by atoms with Gasteiger partial charge >= 0.3 is 0 Å². The van der Waals surface area contributed by atoms with Gasteiger partial charge in [0.05, 0.1) is 0 Å². The third-order valence-corrected chi connectivity index (χ3v) is 4.61. The Morgan fingerprint density at radius 1 is 0.955 bits per heavy atom. The number of nitrogens with zero attached hydrogens (tertiary/aromatic N) is 1. The summed E-state index contributed by atoms with van der Waals surface area (Å²) in [6.45, 7) is 4.88. The number of benzene rings is 1. The zero-order valence-electron chi connectivity index (χ0n) is 13.6. The summed E-state index contributed by atoms with van der Waals surface area (Å²) in [7, 11) is 0. The predicted molar refractivity (Wildman–Crippen MR) is 88.4 cm³/mol. The average molecular weight is 307 g/mol. The van der Waals surface area contributed by atoms with Gasteiger partial charge in [0, 0.05) is 18.7 Å². The molecule has 1 aromatic rings. The normalized spacial score (nSPS) is 15.0. The van der Waals surface area contributed by atoms with Crippen LogP contribution < -0.4 is 0 Å². The fourth-order valence-corrected chi connectivity index (χ4v) is 3.20. The molecule has 0 bridgehead atoms. The number of rotatable bonds is 8. The minimum absolute atomic E-state index is 0.153. The first kappa shape index (κ1) is 16.9. The minimum atomic E-state index is -0.392. The van der Waals surface area contributed by atoms with Gasteiger partial charge < -0.3 is 15.3 Å². The molecular weight excluding hydrogens is 278 g/mol. The van der Waals surface area contributed by atoms with Crippen LogP contribution in [-0.4, -0.2) is 33.3 Å². The standard InChI is InChI=1S/C18H29NO3/c1-2-3-4-5-6-7-8-10-19-11-9-14-12-16(20)18(22)17(21)15(14)13-19/h12,20-22H,2-11,13H2,1H3. The molecule has 0 radical (unpaired) electrons. The lowest BCUT2D eigenvalue weighted by molar-refractivity contribution is 0.241. The quantitative estimate of drug-likeness (QED) is 0.503. The summed E-state index contributed by atoms with van der Waals surface area (Å²) in [6.07, 6.45) is 9.90. The summed E-state index contributed by atoms with van der Waals surface area (Å²) in [5, 5.41) is 29.2. The highest BCUT2D eigenvalue weighted by Crippen LogP contribution is 2.41. The summed E-state index contributed by atoms with van der Waals surface area (Å²) in [6, 6.07) is 1.58. The molecule has 0 saturated heterocycles. The number of aromatic hydroxyl groups is 3. The van der Waals surface area contributed by atoms with Crippen molar-refractivity contribution >= 4 is 0 Å². The molecule has 2 rings (SSSR count). The Morgan fingerprint density at radius 3 is 2.36 bits per heavy atom. The van der Waals surface area contributed by atoms with Crippen molar-refractivity contribution in [3.05, 3.63) is 17.2 Å². The molecule has 1 aromatic carbocycles. The molecule has 22 heavy (non-hydrogen) atoms. The van der Waals surface area contributed by atoms with Gasteiger partial charge in [0.2, 0.25) is 5.75 Å². The van der Waals surface area contributed by atoms with E-state index in [1.165, 1.54) is 44.9 Å². The molecular formula is C18H29NO3. The Kier molecular flexibility index (Phi) is 6.37. The second-order valence-electron chi connectivity index (χ2n) is 6.38. The molecule has 0 aromatic heterocycles. The van der Waals surface area contributed by atoms with E-state index in [0.717, 1.165) is 30.6 Å². The van der Waals surface area contributed by atoms with E-state index in [1.54, 1.807) is 6.07 Å². The second kappa shape index (κ2) is 8.28. The lowest BCUT2D eigenvalue weighted by atomic mass is 9.97. The van der Waals surface area contributed by atoms with Crippen LogP contribution in [0.1, 0.15) is 63.0 Å². The number of fused-ring (bicyclic) bond motifs is 1. The SMILES string of the molecule is CCCCCCCCCN1CCc2cc(O)c(O)c(O)c2C1. The van der Waals surface area contributed by atoms with Gasteiger partial charge in [-0.05, 0) is 31.0 Å². The molecule has 4 nitrogen and oxygen atoms in total. The minimum Gasteiger partial charge on any atom is -0.504 e. The van der Waals surface area contributed by atoms with Crippen molar-refractivity contribution in [2.75, 3.05) is 13.1 Å². The van der Waals surface area contributed by atoms with Gasteiger partial charge in [-0.1, -0.05) is 45.4 Å². The highest BCUT2D eigenvalue weighted by atomic mass is 16.3. The molecule has 1 aliphatic rings. The van der Waals surface area contributed by atoms with Crippen LogP contribution in [0.25, 0.3) is 0 Å². The van der Waals surface area contributed by atoms with E-state index in [0.29, 0.717) is 6.54 Å². The molecule has 0 aliphatic carbocycles. The van der Waals surface area contributed by atoms with Crippen molar-refractivity contribution < 1.29 is 15.3 Å². The van der Waals surface area contributed by atoms with Crippen molar-refractivity contribution in [1.29, 1.82) is 0 Å². The topological polar surface area (TPSA) is 63.9 Å². The highest BCUT2D eigenvalue weighted by Gasteiger charge is 2.23. The van der Waals surface area contributed by atoms with E-state index in [4.69, 9.17) is 0 Å². The molecule has 0 spiro atoms. The van der Waals surface area contributed by atoms with Crippen LogP contribution in [0.3, 0.4) is 0 Å². The van der Waals surface area contributed by atoms with Crippen molar-refractivity contribution in [3.8, 4) is 17.2 Å². The largest absolute Gasteiger partial charge is 0.504 e. The zero-order chi connectivity index (χ0) is 15.9. The summed E-state index contributed by atoms with van der Waals surface area (Å²) in [5.74, 6) is -0.771. The monoisotopic (exact) mass is 307 g/mol. The van der Waals surface area contributed by atoms with Crippen molar-refractivity contribution in [2.24, 2.45) is 0 Å². The third-order valence-electron chi connectivity index (χ3n) is 4.61. The molecule has 0 unspecified atom stereocenters. The van der Waals surface area contributed by atoms with E-state index < -0.39 is 5.75 Å². The Balaban J connectivity index is 1.77. The maximum atomic E-state index is 10.00. The van der Waals surface area contributed by atoms with E-state index in [1.807, 2.05) is 0 Å². The molecule has 124 valence electrons. The Labute approximate surface area is 133 Å². The van der Waals surface area contributed by atoms with Crippen molar-refractivity contribution in [1.82, 2.24) is 4.90 Å². The van der Waals surface area contributed by atoms with E-state index in [2.05, 4.69) is 11.8 Å². The van der Waals surface area contributed by atoms with Gasteiger partial charge in [-0.2, -0.15) is 0 Å². The molecule has 3 N–H and O–H groups in total. The Hall–Kier alpha value is -1.42. The maximum absolute atomic E-state index is 10.00. The Morgan fingerprint density at radius 2 is 1.64 bits per heavy atom. The number of hydrogen-bond acceptors (Lipinski definition) is 4. The fraction of sp³-hybridized carbons (Fsp3) is 0.667. The average Bonchev–Trinajstić information content (AvgIpc) is 2.52. The molecule has 0 saturated carbocycles. The van der Waals surface area contributed by atoms with Gasteiger partial charge in [-0.3, -0.25) is 4.90 Å². The van der Waals surface area contributed by atoms with Crippen molar-refractivity contribution in [3.63, 3.8) is 0 Å². The second-order valence-corrected chi connectivity index (χ2v) is 6.38. The summed E-state index contributed by atoms with van der Waals surface area (Å²) < 4.78 is 0. The third kappa shape index (κ3) is 4.29. The maximum Gasteiger partial charge on any atom is 0.200 e. The Bertz CT molecular complexity index is 488. The fourth-order valence-electron chi connectivity index (χ4n) is 3.20. The zero-order valence-corrected chi connectivity index (χ0v) is 13.6. The molecule has 4 heteroatoms. The van der Waals surface area contributed by atoms with E-state index in [-0.39, 0.29) is 11.5 Å². The summed E-state index contributed by atoms with van der Waals surface area (Å²) in [5.41, 5.74) is 1.72. The van der Waals surface area contributed by atoms with Gasteiger partial charge in [0.1, 0.15) is 0 Å². The van der Waals surface area contributed by atoms with Gasteiger partial charge in [-0.25, -0.2) is 0 Å². The van der Waals surface area contributed by atoms with Crippen LogP contribution in [-0.2, 0) is 13.0 Å². The van der Waals surface area contributed by atoms with Crippen LogP contribution in [0.5, 0.6) is 17.2 Å². The number of unbranched alkanes of at least 4 members (excludes halogenated alkanes) is 6. The molecule has 0 atom stereocenters. The van der Waals surface area contributed by atoms with E-state index in [9.17, 15) is 15.3 Å². The van der Waals surface area contributed by atoms with Crippen LogP contribution in [0.2, 0.25) is 0 Å². The smallest absolute Gasteiger partial charge is 0.200 e. The molecule has 1 aliphatic heterocycles. The lowest BCUT2D eigenvalue weighted by Crippen LogP contribution is -2.31. The van der Waals surface area contributed by atoms with Crippen molar-refractivity contribution in [2.45, 2.75) is 64.8 Å². The van der Waals surface area contributed by atoms with Crippen LogP contribution >= 0.6 is 0 Å².